The van der Waals surface area contributed by atoms with Crippen LogP contribution in [0.4, 0.5) is 15.8 Å². The highest BCUT2D eigenvalue weighted by atomic mass is 79.9. The average Bonchev–Trinajstić information content (AvgIpc) is 2.37. The van der Waals surface area contributed by atoms with Crippen molar-refractivity contribution in [2.75, 3.05) is 10.5 Å². The van der Waals surface area contributed by atoms with Gasteiger partial charge in [0.25, 0.3) is 10.0 Å². The molecular formula is C12H8BrCl2FN2O2S. The fraction of sp³-hybridized carbons (Fsp3) is 0. The standard InChI is InChI=1S/C12H8BrCl2FN2O2S/c13-8-2-1-7(5-9(8)15)18-21(19,20)11-4-6(14)3-10(17)12(11)16/h1-5,18H,17H2. The first-order valence-corrected chi connectivity index (χ1v) is 8.46. The second kappa shape index (κ2) is 6.00. The van der Waals surface area contributed by atoms with Crippen LogP contribution >= 0.6 is 39.1 Å². The van der Waals surface area contributed by atoms with Crippen molar-refractivity contribution in [2.45, 2.75) is 4.90 Å². The van der Waals surface area contributed by atoms with Crippen LogP contribution in [-0.2, 0) is 10.0 Å². The summed E-state index contributed by atoms with van der Waals surface area (Å²) in [6, 6.07) is 6.53. The zero-order chi connectivity index (χ0) is 15.8. The smallest absolute Gasteiger partial charge is 0.264 e. The number of halogens is 4. The number of nitrogens with two attached hydrogens (primary N) is 1. The zero-order valence-electron chi connectivity index (χ0n) is 10.2. The molecule has 2 rings (SSSR count). The van der Waals surface area contributed by atoms with Crippen molar-refractivity contribution in [1.82, 2.24) is 0 Å². The topological polar surface area (TPSA) is 72.2 Å². The molecule has 0 bridgehead atoms. The minimum absolute atomic E-state index is 0.0168. The van der Waals surface area contributed by atoms with Gasteiger partial charge in [-0.05, 0) is 46.3 Å². The minimum atomic E-state index is -4.18. The van der Waals surface area contributed by atoms with Crippen molar-refractivity contribution < 1.29 is 12.8 Å². The molecular weight excluding hydrogens is 406 g/mol. The van der Waals surface area contributed by atoms with E-state index in [9.17, 15) is 12.8 Å². The van der Waals surface area contributed by atoms with E-state index >= 15 is 0 Å². The zero-order valence-corrected chi connectivity index (χ0v) is 14.1. The Morgan fingerprint density at radius 1 is 1.19 bits per heavy atom. The Kier molecular flexibility index (Phi) is 4.67. The summed E-state index contributed by atoms with van der Waals surface area (Å²) >= 11 is 14.8. The first-order chi connectivity index (χ1) is 9.70. The van der Waals surface area contributed by atoms with Crippen LogP contribution in [-0.4, -0.2) is 8.42 Å². The van der Waals surface area contributed by atoms with Gasteiger partial charge < -0.3 is 5.73 Å². The first-order valence-electron chi connectivity index (χ1n) is 5.43. The molecule has 0 amide bonds. The summed E-state index contributed by atoms with van der Waals surface area (Å²) in [5.74, 6) is -1.06. The molecule has 4 nitrogen and oxygen atoms in total. The molecule has 0 saturated heterocycles. The number of nitrogen functional groups attached to an aromatic ring is 1. The predicted molar refractivity (Wildman–Crippen MR) is 85.8 cm³/mol. The van der Waals surface area contributed by atoms with E-state index in [1.54, 1.807) is 6.07 Å². The molecule has 9 heteroatoms. The maximum atomic E-state index is 13.9. The van der Waals surface area contributed by atoms with E-state index in [1.165, 1.54) is 12.1 Å². The van der Waals surface area contributed by atoms with E-state index < -0.39 is 20.7 Å². The molecule has 2 aromatic rings. The number of anilines is 2. The molecule has 0 aliphatic rings. The number of hydrogen-bond acceptors (Lipinski definition) is 3. The van der Waals surface area contributed by atoms with Gasteiger partial charge in [-0.1, -0.05) is 23.2 Å². The van der Waals surface area contributed by atoms with Crippen LogP contribution < -0.4 is 10.5 Å². The van der Waals surface area contributed by atoms with Crippen molar-refractivity contribution in [3.05, 3.63) is 50.7 Å². The molecule has 0 aromatic heterocycles. The number of benzene rings is 2. The summed E-state index contributed by atoms with van der Waals surface area (Å²) in [6.07, 6.45) is 0. The monoisotopic (exact) mass is 412 g/mol. The molecule has 112 valence electrons. The third-order valence-electron chi connectivity index (χ3n) is 2.49. The molecule has 0 heterocycles. The van der Waals surface area contributed by atoms with E-state index in [1.807, 2.05) is 0 Å². The molecule has 0 spiro atoms. The van der Waals surface area contributed by atoms with Gasteiger partial charge in [0.1, 0.15) is 4.90 Å². The maximum absolute atomic E-state index is 13.9. The molecule has 0 unspecified atom stereocenters. The van der Waals surface area contributed by atoms with Crippen LogP contribution in [0.5, 0.6) is 0 Å². The summed E-state index contributed by atoms with van der Waals surface area (Å²) in [6.45, 7) is 0. The van der Waals surface area contributed by atoms with E-state index in [4.69, 9.17) is 28.9 Å². The highest BCUT2D eigenvalue weighted by Gasteiger charge is 2.22. The molecule has 0 fully saturated rings. The Balaban J connectivity index is 2.45. The second-order valence-corrected chi connectivity index (χ2v) is 7.39. The van der Waals surface area contributed by atoms with Gasteiger partial charge in [0, 0.05) is 9.50 Å². The number of nitrogens with one attached hydrogen (secondary N) is 1. The largest absolute Gasteiger partial charge is 0.396 e. The van der Waals surface area contributed by atoms with Crippen molar-refractivity contribution in [1.29, 1.82) is 0 Å². The summed E-state index contributed by atoms with van der Waals surface area (Å²) in [4.78, 5) is -0.633. The fourth-order valence-electron chi connectivity index (χ4n) is 1.55. The Bertz CT molecular complexity index is 815. The second-order valence-electron chi connectivity index (χ2n) is 4.04. The van der Waals surface area contributed by atoms with Gasteiger partial charge in [-0.15, -0.1) is 0 Å². The van der Waals surface area contributed by atoms with Gasteiger partial charge in [-0.3, -0.25) is 4.72 Å². The van der Waals surface area contributed by atoms with Crippen LogP contribution in [0, 0.1) is 5.82 Å². The van der Waals surface area contributed by atoms with E-state index in [2.05, 4.69) is 20.7 Å². The maximum Gasteiger partial charge on any atom is 0.264 e. The Morgan fingerprint density at radius 3 is 2.48 bits per heavy atom. The van der Waals surface area contributed by atoms with Gasteiger partial charge >= 0.3 is 0 Å². The third kappa shape index (κ3) is 3.60. The average molecular weight is 414 g/mol. The van der Waals surface area contributed by atoms with Crippen molar-refractivity contribution in [2.24, 2.45) is 0 Å². The molecule has 0 aliphatic heterocycles. The van der Waals surface area contributed by atoms with Crippen molar-refractivity contribution in [3.8, 4) is 0 Å². The van der Waals surface area contributed by atoms with Gasteiger partial charge in [-0.2, -0.15) is 0 Å². The first kappa shape index (κ1) is 16.4. The van der Waals surface area contributed by atoms with Crippen LogP contribution in [0.15, 0.2) is 39.7 Å². The van der Waals surface area contributed by atoms with Crippen LogP contribution in [0.2, 0.25) is 10.0 Å². The lowest BCUT2D eigenvalue weighted by Gasteiger charge is -2.11. The highest BCUT2D eigenvalue weighted by molar-refractivity contribution is 9.10. The van der Waals surface area contributed by atoms with Crippen molar-refractivity contribution >= 4 is 60.5 Å². The highest BCUT2D eigenvalue weighted by Crippen LogP contribution is 2.29. The minimum Gasteiger partial charge on any atom is -0.396 e. The van der Waals surface area contributed by atoms with E-state index in [-0.39, 0.29) is 16.4 Å². The molecule has 3 N–H and O–H groups in total. The number of rotatable bonds is 3. The third-order valence-corrected chi connectivity index (χ3v) is 5.32. The summed E-state index contributed by atoms with van der Waals surface area (Å²) in [5, 5.41) is 0.324. The lowest BCUT2D eigenvalue weighted by Crippen LogP contribution is -2.15. The molecule has 0 atom stereocenters. The molecule has 0 saturated carbocycles. The van der Waals surface area contributed by atoms with Gasteiger partial charge in [0.2, 0.25) is 0 Å². The van der Waals surface area contributed by atoms with Gasteiger partial charge in [-0.25, -0.2) is 12.8 Å². The van der Waals surface area contributed by atoms with E-state index in [0.29, 0.717) is 9.50 Å². The number of sulfonamides is 1. The quantitative estimate of drug-likeness (QED) is 0.737. The van der Waals surface area contributed by atoms with Gasteiger partial charge in [0.05, 0.1) is 16.4 Å². The molecule has 0 aliphatic carbocycles. The van der Waals surface area contributed by atoms with Crippen LogP contribution in [0.1, 0.15) is 0 Å². The number of hydrogen-bond donors (Lipinski definition) is 2. The van der Waals surface area contributed by atoms with Crippen molar-refractivity contribution in [3.63, 3.8) is 0 Å². The Hall–Kier alpha value is -1.02. The molecule has 0 radical (unpaired) electrons. The lowest BCUT2D eigenvalue weighted by molar-refractivity contribution is 0.573. The Morgan fingerprint density at radius 2 is 1.86 bits per heavy atom. The lowest BCUT2D eigenvalue weighted by atomic mass is 10.3. The van der Waals surface area contributed by atoms with Gasteiger partial charge in [0.15, 0.2) is 5.82 Å². The SMILES string of the molecule is Nc1cc(Cl)cc(S(=O)(=O)Nc2ccc(Br)c(Cl)c2)c1F. The summed E-state index contributed by atoms with van der Waals surface area (Å²) in [7, 11) is -4.18. The Labute approximate surface area is 139 Å². The normalized spacial score (nSPS) is 11.4. The van der Waals surface area contributed by atoms with Crippen LogP contribution in [0.3, 0.4) is 0 Å². The molecule has 21 heavy (non-hydrogen) atoms. The predicted octanol–water partition coefficient (Wildman–Crippen LogP) is 4.28. The summed E-state index contributed by atoms with van der Waals surface area (Å²) in [5.41, 5.74) is 5.21. The molecule has 2 aromatic carbocycles. The summed E-state index contributed by atoms with van der Waals surface area (Å²) < 4.78 is 41.1. The van der Waals surface area contributed by atoms with Crippen LogP contribution in [0.25, 0.3) is 0 Å². The van der Waals surface area contributed by atoms with E-state index in [0.717, 1.165) is 12.1 Å². The fourth-order valence-corrected chi connectivity index (χ4v) is 3.45.